The molecule has 0 aromatic carbocycles. The molecule has 0 amide bonds. The number of nitrogens with one attached hydrogen (secondary N) is 2. The monoisotopic (exact) mass is 223 g/mol. The fourth-order valence-electron chi connectivity index (χ4n) is 1.24. The van der Waals surface area contributed by atoms with Gasteiger partial charge in [-0.2, -0.15) is 0 Å². The van der Waals surface area contributed by atoms with Crippen LogP contribution in [0.5, 0.6) is 0 Å². The summed E-state index contributed by atoms with van der Waals surface area (Å²) in [6.45, 7) is 1.57. The largest absolute Gasteiger partial charge is 0.353 e. The first-order valence-corrected chi connectivity index (χ1v) is 5.19. The van der Waals surface area contributed by atoms with Crippen molar-refractivity contribution in [2.45, 2.75) is 18.9 Å². The lowest BCUT2D eigenvalue weighted by molar-refractivity contribution is -0.385. The van der Waals surface area contributed by atoms with E-state index in [2.05, 4.69) is 20.6 Å². The number of aromatic nitrogens is 2. The molecule has 86 valence electrons. The molecule has 1 aromatic rings. The van der Waals surface area contributed by atoms with Crippen LogP contribution in [-0.4, -0.2) is 34.0 Å². The number of nitro groups is 1. The summed E-state index contributed by atoms with van der Waals surface area (Å²) < 4.78 is 0. The number of hydrogen-bond donors (Lipinski definition) is 2. The summed E-state index contributed by atoms with van der Waals surface area (Å²) in [4.78, 5) is 17.5. The van der Waals surface area contributed by atoms with E-state index in [1.54, 1.807) is 0 Å². The molecule has 1 aliphatic rings. The third kappa shape index (κ3) is 3.13. The van der Waals surface area contributed by atoms with Gasteiger partial charge in [0.15, 0.2) is 0 Å². The molecule has 2 N–H and O–H groups in total. The molecule has 0 bridgehead atoms. The van der Waals surface area contributed by atoms with E-state index >= 15 is 0 Å². The summed E-state index contributed by atoms with van der Waals surface area (Å²) in [5.74, 6) is 0.420. The molecule has 0 saturated heterocycles. The fourth-order valence-corrected chi connectivity index (χ4v) is 1.24. The molecule has 1 heterocycles. The minimum absolute atomic E-state index is 0.0957. The van der Waals surface area contributed by atoms with Crippen molar-refractivity contribution in [1.82, 2.24) is 15.3 Å². The van der Waals surface area contributed by atoms with E-state index in [0.717, 1.165) is 6.54 Å². The first-order valence-electron chi connectivity index (χ1n) is 5.19. The number of hydrogen-bond acceptors (Lipinski definition) is 6. The first-order chi connectivity index (χ1) is 7.75. The number of nitrogens with zero attached hydrogens (tertiary/aromatic N) is 3. The molecule has 0 spiro atoms. The standard InChI is InChI=1S/C9H13N5O2/c15-14(16)8-5-12-9(13-6-8)11-4-3-10-7-1-2-7/h5-7,10H,1-4H2,(H,11,12,13). The van der Waals surface area contributed by atoms with Gasteiger partial charge in [-0.25, -0.2) is 9.97 Å². The number of anilines is 1. The van der Waals surface area contributed by atoms with Crippen molar-refractivity contribution < 1.29 is 4.92 Å². The predicted molar refractivity (Wildman–Crippen MR) is 58.2 cm³/mol. The molecule has 1 saturated carbocycles. The maximum atomic E-state index is 10.3. The van der Waals surface area contributed by atoms with Crippen molar-refractivity contribution in [3.63, 3.8) is 0 Å². The first kappa shape index (κ1) is 10.7. The molecule has 0 aliphatic heterocycles. The van der Waals surface area contributed by atoms with Gasteiger partial charge < -0.3 is 10.6 Å². The van der Waals surface area contributed by atoms with Gasteiger partial charge in [0, 0.05) is 19.1 Å². The van der Waals surface area contributed by atoms with Crippen LogP contribution in [0.2, 0.25) is 0 Å². The zero-order chi connectivity index (χ0) is 11.4. The topological polar surface area (TPSA) is 93.0 Å². The fraction of sp³-hybridized carbons (Fsp3) is 0.556. The SMILES string of the molecule is O=[N+]([O-])c1cnc(NCCNC2CC2)nc1. The molecule has 1 aliphatic carbocycles. The zero-order valence-corrected chi connectivity index (χ0v) is 8.72. The van der Waals surface area contributed by atoms with Gasteiger partial charge in [0.05, 0.1) is 4.92 Å². The highest BCUT2D eigenvalue weighted by Gasteiger charge is 2.19. The van der Waals surface area contributed by atoms with E-state index < -0.39 is 4.92 Å². The molecule has 2 rings (SSSR count). The summed E-state index contributed by atoms with van der Waals surface area (Å²) >= 11 is 0. The van der Waals surface area contributed by atoms with E-state index in [0.29, 0.717) is 18.5 Å². The van der Waals surface area contributed by atoms with Crippen molar-refractivity contribution in [1.29, 1.82) is 0 Å². The molecule has 1 aromatic heterocycles. The highest BCUT2D eigenvalue weighted by Crippen LogP contribution is 2.17. The molecule has 16 heavy (non-hydrogen) atoms. The normalized spacial score (nSPS) is 14.8. The van der Waals surface area contributed by atoms with Crippen LogP contribution in [0.4, 0.5) is 11.6 Å². The van der Waals surface area contributed by atoms with Crippen molar-refractivity contribution in [3.8, 4) is 0 Å². The predicted octanol–water partition coefficient (Wildman–Crippen LogP) is 0.549. The van der Waals surface area contributed by atoms with Gasteiger partial charge in [0.25, 0.3) is 0 Å². The van der Waals surface area contributed by atoms with Gasteiger partial charge >= 0.3 is 5.69 Å². The molecular formula is C9H13N5O2. The Bertz CT molecular complexity index is 363. The Hall–Kier alpha value is -1.76. The second-order valence-corrected chi connectivity index (χ2v) is 3.68. The Morgan fingerprint density at radius 1 is 1.38 bits per heavy atom. The van der Waals surface area contributed by atoms with Crippen molar-refractivity contribution in [2.24, 2.45) is 0 Å². The molecule has 7 heteroatoms. The van der Waals surface area contributed by atoms with E-state index in [1.807, 2.05) is 0 Å². The Labute approximate surface area is 92.4 Å². The minimum Gasteiger partial charge on any atom is -0.353 e. The van der Waals surface area contributed by atoms with E-state index in [-0.39, 0.29) is 5.69 Å². The minimum atomic E-state index is -0.515. The molecule has 1 fully saturated rings. The summed E-state index contributed by atoms with van der Waals surface area (Å²) in [6.07, 6.45) is 4.91. The lowest BCUT2D eigenvalue weighted by Crippen LogP contribution is -2.24. The molecular weight excluding hydrogens is 210 g/mol. The lowest BCUT2D eigenvalue weighted by Gasteiger charge is -2.04. The van der Waals surface area contributed by atoms with Gasteiger partial charge in [-0.05, 0) is 12.8 Å². The Morgan fingerprint density at radius 3 is 2.62 bits per heavy atom. The molecule has 0 atom stereocenters. The third-order valence-corrected chi connectivity index (χ3v) is 2.27. The van der Waals surface area contributed by atoms with Crippen LogP contribution in [0.15, 0.2) is 12.4 Å². The second kappa shape index (κ2) is 4.84. The van der Waals surface area contributed by atoms with Crippen molar-refractivity contribution >= 4 is 11.6 Å². The third-order valence-electron chi connectivity index (χ3n) is 2.27. The second-order valence-electron chi connectivity index (χ2n) is 3.68. The molecule has 0 unspecified atom stereocenters. The van der Waals surface area contributed by atoms with Gasteiger partial charge in [-0.15, -0.1) is 0 Å². The maximum absolute atomic E-state index is 10.3. The zero-order valence-electron chi connectivity index (χ0n) is 8.72. The van der Waals surface area contributed by atoms with E-state index in [1.165, 1.54) is 25.2 Å². The Balaban J connectivity index is 1.73. The summed E-state index contributed by atoms with van der Waals surface area (Å²) in [7, 11) is 0. The maximum Gasteiger partial charge on any atom is 0.305 e. The lowest BCUT2D eigenvalue weighted by atomic mass is 10.5. The Kier molecular flexibility index (Phi) is 3.25. The van der Waals surface area contributed by atoms with E-state index in [9.17, 15) is 10.1 Å². The van der Waals surface area contributed by atoms with Crippen LogP contribution in [0.1, 0.15) is 12.8 Å². The Morgan fingerprint density at radius 2 is 2.06 bits per heavy atom. The average Bonchev–Trinajstić information content (AvgIpc) is 3.09. The van der Waals surface area contributed by atoms with Crippen molar-refractivity contribution in [2.75, 3.05) is 18.4 Å². The van der Waals surface area contributed by atoms with Gasteiger partial charge in [-0.1, -0.05) is 0 Å². The average molecular weight is 223 g/mol. The van der Waals surface area contributed by atoms with Crippen LogP contribution in [0, 0.1) is 10.1 Å². The highest BCUT2D eigenvalue weighted by atomic mass is 16.6. The van der Waals surface area contributed by atoms with Crippen molar-refractivity contribution in [3.05, 3.63) is 22.5 Å². The van der Waals surface area contributed by atoms with Gasteiger partial charge in [0.2, 0.25) is 5.95 Å². The van der Waals surface area contributed by atoms with Crippen LogP contribution >= 0.6 is 0 Å². The van der Waals surface area contributed by atoms with E-state index in [4.69, 9.17) is 0 Å². The quantitative estimate of drug-likeness (QED) is 0.415. The van der Waals surface area contributed by atoms with Crippen LogP contribution in [-0.2, 0) is 0 Å². The van der Waals surface area contributed by atoms with Gasteiger partial charge in [-0.3, -0.25) is 10.1 Å². The summed E-state index contributed by atoms with van der Waals surface area (Å²) in [6, 6.07) is 0.680. The molecule has 0 radical (unpaired) electrons. The summed E-state index contributed by atoms with van der Waals surface area (Å²) in [5.41, 5.74) is -0.0957. The highest BCUT2D eigenvalue weighted by molar-refractivity contribution is 5.30. The van der Waals surface area contributed by atoms with Crippen LogP contribution in [0.25, 0.3) is 0 Å². The summed E-state index contributed by atoms with van der Waals surface area (Å²) in [5, 5.41) is 16.7. The number of rotatable bonds is 6. The van der Waals surface area contributed by atoms with Crippen LogP contribution in [0.3, 0.4) is 0 Å². The van der Waals surface area contributed by atoms with Crippen LogP contribution < -0.4 is 10.6 Å². The molecule has 7 nitrogen and oxygen atoms in total. The van der Waals surface area contributed by atoms with Gasteiger partial charge in [0.1, 0.15) is 12.4 Å². The smallest absolute Gasteiger partial charge is 0.305 e.